The summed E-state index contributed by atoms with van der Waals surface area (Å²) in [5.41, 5.74) is 1.78. The summed E-state index contributed by atoms with van der Waals surface area (Å²) >= 11 is 0. The molecular weight excluding hydrogens is 813 g/mol. The molecule has 1 aliphatic heterocycles. The van der Waals surface area contributed by atoms with Gasteiger partial charge in [-0.1, -0.05) is 106 Å². The molecule has 2 atom stereocenters. The normalized spacial score (nSPS) is 14.2. The van der Waals surface area contributed by atoms with Gasteiger partial charge in [-0.2, -0.15) is 0 Å². The van der Waals surface area contributed by atoms with E-state index in [-0.39, 0.29) is 12.2 Å². The molecule has 0 saturated carbocycles. The molecule has 0 radical (unpaired) electrons. The lowest BCUT2D eigenvalue weighted by Gasteiger charge is -2.35. The molecule has 0 bridgehead atoms. The lowest BCUT2D eigenvalue weighted by atomic mass is 9.93. The molecule has 3 aromatic carbocycles. The topological polar surface area (TPSA) is 109 Å². The first-order chi connectivity index (χ1) is 31.3. The summed E-state index contributed by atoms with van der Waals surface area (Å²) in [6.45, 7) is 22.4. The average Bonchev–Trinajstić information content (AvgIpc) is 3.29. The summed E-state index contributed by atoms with van der Waals surface area (Å²) < 4.78 is 64.3. The monoisotopic (exact) mass is 891 g/mol. The number of carbonyl (C=O) groups excluding carboxylic acids is 1. The molecule has 11 nitrogen and oxygen atoms in total. The maximum atomic E-state index is 14.7. The second-order valence-corrected chi connectivity index (χ2v) is 16.2. The average molecular weight is 891 g/mol. The smallest absolute Gasteiger partial charge is 0.338 e. The Bertz CT molecular complexity index is 1760. The Balaban J connectivity index is 1.90. The minimum Gasteiger partial charge on any atom is -0.493 e. The summed E-state index contributed by atoms with van der Waals surface area (Å²) in [5, 5.41) is 0. The summed E-state index contributed by atoms with van der Waals surface area (Å²) in [6, 6.07) is 11.1. The molecule has 0 unspecified atom stereocenters. The summed E-state index contributed by atoms with van der Waals surface area (Å²) in [7, 11) is 0. The van der Waals surface area contributed by atoms with Gasteiger partial charge in [-0.05, 0) is 69.2 Å². The maximum Gasteiger partial charge on any atom is 0.338 e. The number of benzene rings is 3. The summed E-state index contributed by atoms with van der Waals surface area (Å²) in [6.07, 6.45) is 13.2. The van der Waals surface area contributed by atoms with Crippen LogP contribution >= 0.6 is 0 Å². The van der Waals surface area contributed by atoms with E-state index >= 15 is 0 Å². The Morgan fingerprint density at radius 1 is 0.547 bits per heavy atom. The molecular formula is C53H78O11. The van der Waals surface area contributed by atoms with Crippen LogP contribution in [0.1, 0.15) is 166 Å². The van der Waals surface area contributed by atoms with Gasteiger partial charge in [0.05, 0.1) is 51.8 Å². The van der Waals surface area contributed by atoms with Crippen molar-refractivity contribution in [3.63, 3.8) is 0 Å². The van der Waals surface area contributed by atoms with Gasteiger partial charge in [0.25, 0.3) is 0 Å². The van der Waals surface area contributed by atoms with Crippen LogP contribution in [-0.2, 0) is 11.2 Å². The molecule has 0 spiro atoms. The minimum atomic E-state index is -0.818. The first-order valence-electron chi connectivity index (χ1n) is 24.4. The van der Waals surface area contributed by atoms with E-state index in [0.29, 0.717) is 110 Å². The predicted octanol–water partition coefficient (Wildman–Crippen LogP) is 13.4. The SMILES string of the molecule is C=CCOc1c(OCCCC)cc([C@H]2Oc3cc(OCCCC)cc(OCCCC)c3C[C@H]2OC(=O)c2cc(OCCCC)c(OCCCC)c(OCCCC)c2)cc1OCCCC. The van der Waals surface area contributed by atoms with Crippen molar-refractivity contribution in [1.29, 1.82) is 0 Å². The zero-order valence-electron chi connectivity index (χ0n) is 40.2. The highest BCUT2D eigenvalue weighted by molar-refractivity contribution is 5.91. The molecule has 4 rings (SSSR count). The highest BCUT2D eigenvalue weighted by Gasteiger charge is 2.38. The quantitative estimate of drug-likeness (QED) is 0.0325. The van der Waals surface area contributed by atoms with Crippen LogP contribution in [0.25, 0.3) is 0 Å². The van der Waals surface area contributed by atoms with E-state index in [1.807, 2.05) is 24.3 Å². The van der Waals surface area contributed by atoms with Crippen LogP contribution < -0.4 is 42.6 Å². The third-order valence-corrected chi connectivity index (χ3v) is 10.7. The van der Waals surface area contributed by atoms with Gasteiger partial charge in [0.2, 0.25) is 11.5 Å². The van der Waals surface area contributed by atoms with Crippen LogP contribution in [0, 0.1) is 0 Å². The van der Waals surface area contributed by atoms with E-state index < -0.39 is 18.2 Å². The second-order valence-electron chi connectivity index (χ2n) is 16.2. The van der Waals surface area contributed by atoms with Crippen molar-refractivity contribution in [2.75, 3.05) is 52.9 Å². The molecule has 64 heavy (non-hydrogen) atoms. The second kappa shape index (κ2) is 29.5. The van der Waals surface area contributed by atoms with Gasteiger partial charge in [-0.3, -0.25) is 0 Å². The molecule has 356 valence electrons. The van der Waals surface area contributed by atoms with Crippen molar-refractivity contribution in [2.45, 2.75) is 157 Å². The largest absolute Gasteiger partial charge is 0.493 e. The van der Waals surface area contributed by atoms with Gasteiger partial charge in [0, 0.05) is 29.7 Å². The van der Waals surface area contributed by atoms with Gasteiger partial charge in [0.15, 0.2) is 29.1 Å². The van der Waals surface area contributed by atoms with Gasteiger partial charge >= 0.3 is 5.97 Å². The predicted molar refractivity (Wildman–Crippen MR) is 254 cm³/mol. The van der Waals surface area contributed by atoms with Crippen molar-refractivity contribution in [1.82, 2.24) is 0 Å². The Hall–Kier alpha value is -4.93. The molecule has 0 saturated heterocycles. The van der Waals surface area contributed by atoms with Crippen molar-refractivity contribution in [3.05, 3.63) is 65.7 Å². The van der Waals surface area contributed by atoms with Gasteiger partial charge < -0.3 is 47.4 Å². The van der Waals surface area contributed by atoms with Crippen LogP contribution in [-0.4, -0.2) is 64.9 Å². The Morgan fingerprint density at radius 3 is 1.44 bits per heavy atom. The molecule has 0 N–H and O–H groups in total. The van der Waals surface area contributed by atoms with Crippen LogP contribution in [0.3, 0.4) is 0 Å². The van der Waals surface area contributed by atoms with E-state index in [1.165, 1.54) is 0 Å². The lowest BCUT2D eigenvalue weighted by Crippen LogP contribution is -2.35. The molecule has 0 amide bonds. The Morgan fingerprint density at radius 2 is 0.969 bits per heavy atom. The van der Waals surface area contributed by atoms with Crippen molar-refractivity contribution >= 4 is 5.97 Å². The number of hydrogen-bond acceptors (Lipinski definition) is 11. The van der Waals surface area contributed by atoms with Crippen LogP contribution in [0.15, 0.2) is 49.1 Å². The number of carbonyl (C=O) groups is 1. The van der Waals surface area contributed by atoms with E-state index in [9.17, 15) is 4.79 Å². The molecule has 0 fully saturated rings. The number of rotatable bonds is 34. The number of ether oxygens (including phenoxy) is 10. The third-order valence-electron chi connectivity index (χ3n) is 10.7. The highest BCUT2D eigenvalue weighted by Crippen LogP contribution is 2.48. The molecule has 3 aromatic rings. The van der Waals surface area contributed by atoms with E-state index in [4.69, 9.17) is 47.4 Å². The first kappa shape index (κ1) is 51.7. The number of esters is 1. The Labute approximate surface area is 384 Å². The number of hydrogen-bond donors (Lipinski definition) is 0. The fraction of sp³-hybridized carbons (Fsp3) is 0.604. The van der Waals surface area contributed by atoms with Gasteiger partial charge in [0.1, 0.15) is 30.0 Å². The first-order valence-corrected chi connectivity index (χ1v) is 24.4. The standard InChI is InChI=1S/C53H78O11/c1-9-17-25-55-41-36-43(56-26-18-10-2)42-38-49(64-53(54)40-34-47(59-29-21-13-5)52(62-31-23-15-7)48(35-40)60-30-22-14-6)50(63-44(42)37-41)39-32-45(57-27-19-11-3)51(61-24-16-8)46(33-39)58-28-20-12-4/h16,32-37,49-50H,8-15,17-31,38H2,1-7H3/t49-,50-/m1/s1. The zero-order valence-corrected chi connectivity index (χ0v) is 40.2. The minimum absolute atomic E-state index is 0.263. The van der Waals surface area contributed by atoms with Crippen LogP contribution in [0.4, 0.5) is 0 Å². The zero-order chi connectivity index (χ0) is 45.9. The van der Waals surface area contributed by atoms with Gasteiger partial charge in [-0.15, -0.1) is 0 Å². The van der Waals surface area contributed by atoms with Crippen LogP contribution in [0.5, 0.6) is 51.7 Å². The molecule has 0 aromatic heterocycles. The van der Waals surface area contributed by atoms with Crippen molar-refractivity contribution in [3.8, 4) is 51.7 Å². The molecule has 11 heteroatoms. The van der Waals surface area contributed by atoms with Crippen LogP contribution in [0.2, 0.25) is 0 Å². The highest BCUT2D eigenvalue weighted by atomic mass is 16.6. The number of unbranched alkanes of at least 4 members (excludes halogenated alkanes) is 7. The van der Waals surface area contributed by atoms with E-state index in [2.05, 4.69) is 55.0 Å². The maximum absolute atomic E-state index is 14.7. The fourth-order valence-corrected chi connectivity index (χ4v) is 6.82. The molecule has 1 heterocycles. The Kier molecular flexibility index (Phi) is 23.8. The molecule has 1 aliphatic rings. The molecule has 0 aliphatic carbocycles. The summed E-state index contributed by atoms with van der Waals surface area (Å²) in [4.78, 5) is 14.7. The van der Waals surface area contributed by atoms with E-state index in [1.54, 1.807) is 18.2 Å². The van der Waals surface area contributed by atoms with Crippen molar-refractivity contribution in [2.24, 2.45) is 0 Å². The number of fused-ring (bicyclic) bond motifs is 1. The van der Waals surface area contributed by atoms with Gasteiger partial charge in [-0.25, -0.2) is 4.79 Å². The summed E-state index contributed by atoms with van der Waals surface area (Å²) in [5.74, 6) is 4.26. The lowest BCUT2D eigenvalue weighted by molar-refractivity contribution is -0.0191. The van der Waals surface area contributed by atoms with E-state index in [0.717, 1.165) is 95.5 Å². The van der Waals surface area contributed by atoms with Crippen molar-refractivity contribution < 1.29 is 52.2 Å². The third kappa shape index (κ3) is 15.9. The fourth-order valence-electron chi connectivity index (χ4n) is 6.82.